The van der Waals surface area contributed by atoms with Crippen LogP contribution in [0.3, 0.4) is 0 Å². The number of carbonyl (C=O) groups excluding carboxylic acids is 1. The Morgan fingerprint density at radius 3 is 2.83 bits per heavy atom. The largest absolute Gasteiger partial charge is 0.356 e. The number of amides is 1. The minimum Gasteiger partial charge on any atom is -0.356 e. The Bertz CT molecular complexity index is 413. The fraction of sp³-hybridized carbons (Fsp3) is 0.615. The Balaban J connectivity index is 2.05. The Morgan fingerprint density at radius 2 is 2.17 bits per heavy atom. The lowest BCUT2D eigenvalue weighted by atomic mass is 9.99. The van der Waals surface area contributed by atoms with Crippen molar-refractivity contribution >= 4 is 17.5 Å². The molecule has 18 heavy (non-hydrogen) atoms. The molecule has 2 rings (SSSR count). The van der Waals surface area contributed by atoms with E-state index in [1.807, 2.05) is 13.0 Å². The molecule has 5 nitrogen and oxygen atoms in total. The van der Waals surface area contributed by atoms with Gasteiger partial charge >= 0.3 is 0 Å². The van der Waals surface area contributed by atoms with E-state index in [9.17, 15) is 4.79 Å². The second kappa shape index (κ2) is 5.80. The van der Waals surface area contributed by atoms with Gasteiger partial charge in [0.1, 0.15) is 18.0 Å². The Labute approximate surface area is 108 Å². The van der Waals surface area contributed by atoms with Gasteiger partial charge in [-0.25, -0.2) is 9.97 Å². The monoisotopic (exact) mass is 248 g/mol. The van der Waals surface area contributed by atoms with Gasteiger partial charge in [0.05, 0.1) is 0 Å². The van der Waals surface area contributed by atoms with Gasteiger partial charge in [-0.3, -0.25) is 4.79 Å². The first-order valence-electron chi connectivity index (χ1n) is 6.56. The minimum absolute atomic E-state index is 0.0214. The average Bonchev–Trinajstić information content (AvgIpc) is 2.40. The van der Waals surface area contributed by atoms with Crippen molar-refractivity contribution in [1.82, 2.24) is 9.97 Å². The molecule has 0 aromatic carbocycles. The van der Waals surface area contributed by atoms with Crippen LogP contribution in [-0.2, 0) is 4.79 Å². The summed E-state index contributed by atoms with van der Waals surface area (Å²) in [6.07, 6.45) is 4.36. The number of rotatable bonds is 3. The second-order valence-corrected chi connectivity index (χ2v) is 4.83. The summed E-state index contributed by atoms with van der Waals surface area (Å²) in [6, 6.07) is 1.85. The van der Waals surface area contributed by atoms with Crippen LogP contribution in [0, 0.1) is 5.92 Å². The van der Waals surface area contributed by atoms with E-state index in [0.29, 0.717) is 12.2 Å². The van der Waals surface area contributed by atoms with Crippen molar-refractivity contribution < 1.29 is 4.79 Å². The lowest BCUT2D eigenvalue weighted by Crippen LogP contribution is -2.33. The maximum atomic E-state index is 11.3. The van der Waals surface area contributed by atoms with Crippen LogP contribution >= 0.6 is 0 Å². The van der Waals surface area contributed by atoms with E-state index in [-0.39, 0.29) is 5.91 Å². The number of anilines is 2. The number of piperidine rings is 1. The molecule has 0 atom stereocenters. The highest BCUT2D eigenvalue weighted by atomic mass is 16.1. The SMILES string of the molecule is CCC(=O)Nc1cc(N2CCC(C)CC2)ncn1. The number of hydrogen-bond donors (Lipinski definition) is 1. The summed E-state index contributed by atoms with van der Waals surface area (Å²) in [4.78, 5) is 21.9. The first kappa shape index (κ1) is 12.8. The van der Waals surface area contributed by atoms with Gasteiger partial charge in [0.25, 0.3) is 0 Å². The van der Waals surface area contributed by atoms with Crippen LogP contribution in [0.1, 0.15) is 33.1 Å². The lowest BCUT2D eigenvalue weighted by Gasteiger charge is -2.31. The molecule has 98 valence electrons. The van der Waals surface area contributed by atoms with Gasteiger partial charge in [0, 0.05) is 25.6 Å². The Kier molecular flexibility index (Phi) is 4.12. The third-order valence-corrected chi connectivity index (χ3v) is 3.35. The number of hydrogen-bond acceptors (Lipinski definition) is 4. The molecule has 2 heterocycles. The van der Waals surface area contributed by atoms with Crippen molar-refractivity contribution in [2.75, 3.05) is 23.3 Å². The van der Waals surface area contributed by atoms with Crippen LogP contribution in [0.4, 0.5) is 11.6 Å². The number of nitrogens with one attached hydrogen (secondary N) is 1. The summed E-state index contributed by atoms with van der Waals surface area (Å²) >= 11 is 0. The van der Waals surface area contributed by atoms with Crippen LogP contribution in [-0.4, -0.2) is 29.0 Å². The summed E-state index contributed by atoms with van der Waals surface area (Å²) in [5.41, 5.74) is 0. The van der Waals surface area contributed by atoms with E-state index in [2.05, 4.69) is 27.1 Å². The highest BCUT2D eigenvalue weighted by molar-refractivity contribution is 5.89. The van der Waals surface area contributed by atoms with Gasteiger partial charge in [-0.05, 0) is 18.8 Å². The van der Waals surface area contributed by atoms with E-state index in [1.165, 1.54) is 19.2 Å². The van der Waals surface area contributed by atoms with Gasteiger partial charge in [-0.2, -0.15) is 0 Å². The van der Waals surface area contributed by atoms with Crippen LogP contribution < -0.4 is 10.2 Å². The molecule has 1 aromatic rings. The first-order chi connectivity index (χ1) is 8.69. The zero-order valence-electron chi connectivity index (χ0n) is 11.0. The summed E-state index contributed by atoms with van der Waals surface area (Å²) in [5.74, 6) is 2.27. The van der Waals surface area contributed by atoms with Crippen molar-refractivity contribution in [2.24, 2.45) is 5.92 Å². The molecule has 0 spiro atoms. The molecule has 1 fully saturated rings. The summed E-state index contributed by atoms with van der Waals surface area (Å²) < 4.78 is 0. The molecule has 1 N–H and O–H groups in total. The van der Waals surface area contributed by atoms with E-state index in [0.717, 1.165) is 24.8 Å². The molecule has 0 radical (unpaired) electrons. The Hall–Kier alpha value is -1.65. The van der Waals surface area contributed by atoms with Gasteiger partial charge in [0.15, 0.2) is 0 Å². The summed E-state index contributed by atoms with van der Waals surface area (Å²) in [7, 11) is 0. The fourth-order valence-corrected chi connectivity index (χ4v) is 2.06. The van der Waals surface area contributed by atoms with Crippen molar-refractivity contribution in [2.45, 2.75) is 33.1 Å². The van der Waals surface area contributed by atoms with Crippen molar-refractivity contribution in [3.63, 3.8) is 0 Å². The molecule has 0 bridgehead atoms. The topological polar surface area (TPSA) is 58.1 Å². The lowest BCUT2D eigenvalue weighted by molar-refractivity contribution is -0.115. The predicted molar refractivity (Wildman–Crippen MR) is 71.6 cm³/mol. The molecule has 0 unspecified atom stereocenters. The molecule has 1 aromatic heterocycles. The fourth-order valence-electron chi connectivity index (χ4n) is 2.06. The standard InChI is InChI=1S/C13H20N4O/c1-3-13(18)16-11-8-12(15-9-14-11)17-6-4-10(2)5-7-17/h8-10H,3-7H2,1-2H3,(H,14,15,16,18). The van der Waals surface area contributed by atoms with E-state index >= 15 is 0 Å². The molecule has 5 heteroatoms. The quantitative estimate of drug-likeness (QED) is 0.889. The Morgan fingerprint density at radius 1 is 1.44 bits per heavy atom. The van der Waals surface area contributed by atoms with E-state index < -0.39 is 0 Å². The normalized spacial score (nSPS) is 16.7. The van der Waals surface area contributed by atoms with Crippen LogP contribution in [0.5, 0.6) is 0 Å². The molecule has 0 aliphatic carbocycles. The average molecular weight is 248 g/mol. The van der Waals surface area contributed by atoms with Crippen LogP contribution in [0.2, 0.25) is 0 Å². The van der Waals surface area contributed by atoms with Crippen LogP contribution in [0.25, 0.3) is 0 Å². The third kappa shape index (κ3) is 3.18. The van der Waals surface area contributed by atoms with Gasteiger partial charge < -0.3 is 10.2 Å². The van der Waals surface area contributed by atoms with Gasteiger partial charge in [-0.1, -0.05) is 13.8 Å². The number of carbonyl (C=O) groups is 1. The number of nitrogens with zero attached hydrogens (tertiary/aromatic N) is 3. The minimum atomic E-state index is -0.0214. The van der Waals surface area contributed by atoms with Crippen molar-refractivity contribution in [3.8, 4) is 0 Å². The summed E-state index contributed by atoms with van der Waals surface area (Å²) in [5, 5.41) is 2.76. The molecule has 1 aliphatic heterocycles. The molecule has 1 saturated heterocycles. The van der Waals surface area contributed by atoms with Crippen molar-refractivity contribution in [1.29, 1.82) is 0 Å². The number of aromatic nitrogens is 2. The highest BCUT2D eigenvalue weighted by Gasteiger charge is 2.17. The predicted octanol–water partition coefficient (Wildman–Crippen LogP) is 2.06. The van der Waals surface area contributed by atoms with Crippen LogP contribution in [0.15, 0.2) is 12.4 Å². The molecule has 0 saturated carbocycles. The first-order valence-corrected chi connectivity index (χ1v) is 6.56. The maximum Gasteiger partial charge on any atom is 0.225 e. The molecule has 1 amide bonds. The second-order valence-electron chi connectivity index (χ2n) is 4.83. The summed E-state index contributed by atoms with van der Waals surface area (Å²) in [6.45, 7) is 6.16. The van der Waals surface area contributed by atoms with Crippen molar-refractivity contribution in [3.05, 3.63) is 12.4 Å². The third-order valence-electron chi connectivity index (χ3n) is 3.35. The molecular formula is C13H20N4O. The van der Waals surface area contributed by atoms with Gasteiger partial charge in [-0.15, -0.1) is 0 Å². The zero-order chi connectivity index (χ0) is 13.0. The maximum absolute atomic E-state index is 11.3. The molecular weight excluding hydrogens is 228 g/mol. The van der Waals surface area contributed by atoms with Gasteiger partial charge in [0.2, 0.25) is 5.91 Å². The van der Waals surface area contributed by atoms with E-state index in [1.54, 1.807) is 0 Å². The smallest absolute Gasteiger partial charge is 0.225 e. The highest BCUT2D eigenvalue weighted by Crippen LogP contribution is 2.22. The van der Waals surface area contributed by atoms with E-state index in [4.69, 9.17) is 0 Å². The zero-order valence-corrected chi connectivity index (χ0v) is 11.0. The molecule has 1 aliphatic rings.